The van der Waals surface area contributed by atoms with Gasteiger partial charge in [0.05, 0.1) is 24.2 Å². The van der Waals surface area contributed by atoms with Crippen molar-refractivity contribution in [2.24, 2.45) is 5.73 Å². The summed E-state index contributed by atoms with van der Waals surface area (Å²) < 4.78 is 24.1. The molecule has 1 fully saturated rings. The van der Waals surface area contributed by atoms with E-state index in [4.69, 9.17) is 11.0 Å². The van der Waals surface area contributed by atoms with Crippen LogP contribution in [0.2, 0.25) is 0 Å². The van der Waals surface area contributed by atoms with Gasteiger partial charge < -0.3 is 10.6 Å². The minimum Gasteiger partial charge on any atom is -0.320 e. The van der Waals surface area contributed by atoms with Crippen molar-refractivity contribution in [2.75, 3.05) is 24.4 Å². The average Bonchev–Trinajstić information content (AvgIpc) is 2.84. The number of halogens is 1. The Balaban J connectivity index is 0.00000400. The van der Waals surface area contributed by atoms with Crippen molar-refractivity contribution in [3.8, 4) is 6.07 Å². The molecule has 1 rings (SSSR count). The Morgan fingerprint density at radius 2 is 2.24 bits per heavy atom. The molecule has 7 nitrogen and oxygen atoms in total. The summed E-state index contributed by atoms with van der Waals surface area (Å²) in [4.78, 5) is 13.6. The van der Waals surface area contributed by atoms with Crippen LogP contribution in [-0.4, -0.2) is 55.7 Å². The number of nitrogens with two attached hydrogens (primary N) is 1. The third-order valence-corrected chi connectivity index (χ3v) is 4.68. The number of hydrogen-bond donors (Lipinski definition) is 2. The van der Waals surface area contributed by atoms with Gasteiger partial charge in [-0.25, -0.2) is 13.1 Å². The fourth-order valence-corrected chi connectivity index (χ4v) is 3.45. The van der Waals surface area contributed by atoms with Gasteiger partial charge in [0.15, 0.2) is 0 Å². The van der Waals surface area contributed by atoms with Crippen molar-refractivity contribution < 1.29 is 13.2 Å². The Morgan fingerprint density at radius 1 is 1.57 bits per heavy atom. The van der Waals surface area contributed by atoms with Crippen LogP contribution in [-0.2, 0) is 14.8 Å². The molecule has 21 heavy (non-hydrogen) atoms. The smallest absolute Gasteiger partial charge is 0.241 e. The largest absolute Gasteiger partial charge is 0.320 e. The first-order valence-electron chi connectivity index (χ1n) is 6.33. The maximum Gasteiger partial charge on any atom is 0.241 e. The van der Waals surface area contributed by atoms with E-state index in [-0.39, 0.29) is 24.4 Å². The monoisotopic (exact) mass is 356 g/mol. The normalized spacial score (nSPS) is 19.7. The molecule has 2 atom stereocenters. The van der Waals surface area contributed by atoms with E-state index in [1.165, 1.54) is 4.90 Å². The van der Waals surface area contributed by atoms with Gasteiger partial charge in [0.1, 0.15) is 6.04 Å². The molecule has 3 N–H and O–H groups in total. The van der Waals surface area contributed by atoms with Crippen LogP contribution in [0.1, 0.15) is 19.3 Å². The highest BCUT2D eigenvalue weighted by molar-refractivity contribution is 7.99. The molecule has 1 amide bonds. The number of hydrogen-bond acceptors (Lipinski definition) is 6. The molecule has 10 heteroatoms. The third kappa shape index (κ3) is 7.33. The summed E-state index contributed by atoms with van der Waals surface area (Å²) in [6, 6.07) is 1.09. The van der Waals surface area contributed by atoms with Crippen LogP contribution < -0.4 is 10.5 Å². The lowest BCUT2D eigenvalue weighted by molar-refractivity contribution is -0.132. The molecule has 1 aliphatic heterocycles. The van der Waals surface area contributed by atoms with Crippen molar-refractivity contribution >= 4 is 40.1 Å². The number of amides is 1. The van der Waals surface area contributed by atoms with Crippen molar-refractivity contribution in [3.05, 3.63) is 0 Å². The van der Waals surface area contributed by atoms with Gasteiger partial charge >= 0.3 is 0 Å². The highest BCUT2D eigenvalue weighted by Gasteiger charge is 2.31. The van der Waals surface area contributed by atoms with Gasteiger partial charge in [-0.1, -0.05) is 6.42 Å². The van der Waals surface area contributed by atoms with Crippen molar-refractivity contribution in [1.29, 1.82) is 5.26 Å². The van der Waals surface area contributed by atoms with Crippen LogP contribution >= 0.6 is 24.2 Å². The van der Waals surface area contributed by atoms with Crippen LogP contribution in [0.25, 0.3) is 0 Å². The first-order chi connectivity index (χ1) is 9.35. The van der Waals surface area contributed by atoms with Gasteiger partial charge in [-0.15, -0.1) is 24.2 Å². The van der Waals surface area contributed by atoms with E-state index in [0.717, 1.165) is 6.26 Å². The highest BCUT2D eigenvalue weighted by atomic mass is 35.5. The Kier molecular flexibility index (Phi) is 9.24. The van der Waals surface area contributed by atoms with E-state index >= 15 is 0 Å². The van der Waals surface area contributed by atoms with Crippen molar-refractivity contribution in [3.63, 3.8) is 0 Å². The fourth-order valence-electron chi connectivity index (χ4n) is 1.85. The van der Waals surface area contributed by atoms with Crippen molar-refractivity contribution in [1.82, 2.24) is 9.62 Å². The molecule has 0 aliphatic carbocycles. The second kappa shape index (κ2) is 9.48. The summed E-state index contributed by atoms with van der Waals surface area (Å²) in [5.41, 5.74) is 5.83. The fraction of sp³-hybridized carbons (Fsp3) is 0.818. The molecule has 1 aliphatic rings. The Hall–Kier alpha value is -0.530. The summed E-state index contributed by atoms with van der Waals surface area (Å²) in [6.45, 7) is 0.347. The lowest BCUT2D eigenvalue weighted by atomic mass is 10.1. The van der Waals surface area contributed by atoms with E-state index in [1.54, 1.807) is 11.8 Å². The molecule has 1 saturated heterocycles. The highest BCUT2D eigenvalue weighted by Crippen LogP contribution is 2.21. The molecule has 0 unspecified atom stereocenters. The van der Waals surface area contributed by atoms with Crippen LogP contribution in [0.3, 0.4) is 0 Å². The molecular weight excluding hydrogens is 336 g/mol. The standard InChI is InChI=1S/C11H20N4O3S2.ClH/c1-20(17,18)14-5-3-2-4-10(13)11(16)15-8-19-7-9(15)6-12;/h9-10,14H,2-5,7-8,13H2,1H3;1H/t9-,10+;/m1./s1. The van der Waals surface area contributed by atoms with Crippen LogP contribution in [0.15, 0.2) is 0 Å². The molecule has 0 aromatic rings. The zero-order valence-corrected chi connectivity index (χ0v) is 14.3. The van der Waals surface area contributed by atoms with Gasteiger partial charge in [-0.05, 0) is 12.8 Å². The SMILES string of the molecule is CS(=O)(=O)NCCCC[C@H](N)C(=O)N1CSC[C@H]1C#N.Cl. The van der Waals surface area contributed by atoms with Gasteiger partial charge in [0.2, 0.25) is 15.9 Å². The topological polar surface area (TPSA) is 116 Å². The molecule has 0 aromatic carbocycles. The molecule has 122 valence electrons. The number of thioether (sulfide) groups is 1. The first-order valence-corrected chi connectivity index (χ1v) is 9.38. The quantitative estimate of drug-likeness (QED) is 0.614. The zero-order valence-electron chi connectivity index (χ0n) is 11.8. The number of unbranched alkanes of at least 4 members (excludes halogenated alkanes) is 1. The molecule has 1 heterocycles. The zero-order chi connectivity index (χ0) is 15.2. The lowest BCUT2D eigenvalue weighted by Gasteiger charge is -2.22. The predicted octanol–water partition coefficient (Wildman–Crippen LogP) is -0.120. The van der Waals surface area contributed by atoms with E-state index in [2.05, 4.69) is 10.8 Å². The Labute approximate surface area is 136 Å². The number of nitrogens with one attached hydrogen (secondary N) is 1. The van der Waals surface area contributed by atoms with E-state index < -0.39 is 16.1 Å². The molecule has 0 bridgehead atoms. The summed E-state index contributed by atoms with van der Waals surface area (Å²) >= 11 is 1.55. The van der Waals surface area contributed by atoms with Gasteiger partial charge in [0.25, 0.3) is 0 Å². The molecule has 0 saturated carbocycles. The number of carbonyl (C=O) groups excluding carboxylic acids is 1. The van der Waals surface area contributed by atoms with Crippen molar-refractivity contribution in [2.45, 2.75) is 31.3 Å². The molecular formula is C11H21ClN4O3S2. The van der Waals surface area contributed by atoms with Gasteiger partial charge in [0, 0.05) is 12.3 Å². The third-order valence-electron chi connectivity index (χ3n) is 2.94. The number of nitriles is 1. The van der Waals surface area contributed by atoms with Gasteiger partial charge in [-0.2, -0.15) is 5.26 Å². The second-order valence-corrected chi connectivity index (χ2v) is 7.55. The summed E-state index contributed by atoms with van der Waals surface area (Å²) in [6.07, 6.45) is 2.89. The summed E-state index contributed by atoms with van der Waals surface area (Å²) in [5.74, 6) is 0.950. The summed E-state index contributed by atoms with van der Waals surface area (Å²) in [7, 11) is -3.16. The maximum absolute atomic E-state index is 12.1. The maximum atomic E-state index is 12.1. The summed E-state index contributed by atoms with van der Waals surface area (Å²) in [5, 5.41) is 8.93. The molecule has 0 aromatic heterocycles. The molecule has 0 radical (unpaired) electrons. The van der Waals surface area contributed by atoms with Crippen LogP contribution in [0.5, 0.6) is 0 Å². The Morgan fingerprint density at radius 3 is 2.81 bits per heavy atom. The number of carbonyl (C=O) groups is 1. The van der Waals surface area contributed by atoms with Crippen LogP contribution in [0, 0.1) is 11.3 Å². The van der Waals surface area contributed by atoms with E-state index in [0.29, 0.717) is 37.4 Å². The number of sulfonamides is 1. The second-order valence-electron chi connectivity index (χ2n) is 4.72. The van der Waals surface area contributed by atoms with E-state index in [9.17, 15) is 13.2 Å². The number of nitrogens with zero attached hydrogens (tertiary/aromatic N) is 2. The Bertz CT molecular complexity index is 480. The minimum atomic E-state index is -3.16. The molecule has 0 spiro atoms. The predicted molar refractivity (Wildman–Crippen MR) is 85.5 cm³/mol. The minimum absolute atomic E-state index is 0. The first kappa shape index (κ1) is 20.5. The van der Waals surface area contributed by atoms with E-state index in [1.807, 2.05) is 0 Å². The lowest BCUT2D eigenvalue weighted by Crippen LogP contribution is -2.46. The number of rotatable bonds is 7. The van der Waals surface area contributed by atoms with Crippen LogP contribution in [0.4, 0.5) is 0 Å². The average molecular weight is 357 g/mol. The van der Waals surface area contributed by atoms with Gasteiger partial charge in [-0.3, -0.25) is 4.79 Å².